The zero-order valence-corrected chi connectivity index (χ0v) is 11.3. The molecule has 1 aromatic rings. The maximum atomic E-state index is 12.2. The lowest BCUT2D eigenvalue weighted by Gasteiger charge is -2.13. The third-order valence-corrected chi connectivity index (χ3v) is 3.06. The van der Waals surface area contributed by atoms with Crippen LogP contribution in [0.1, 0.15) is 6.42 Å². The van der Waals surface area contributed by atoms with Crippen molar-refractivity contribution in [3.05, 3.63) is 24.3 Å². The van der Waals surface area contributed by atoms with Gasteiger partial charge in [-0.05, 0) is 18.2 Å². The fourth-order valence-corrected chi connectivity index (χ4v) is 1.99. The van der Waals surface area contributed by atoms with Crippen molar-refractivity contribution in [2.75, 3.05) is 19.0 Å². The Morgan fingerprint density at radius 3 is 2.84 bits per heavy atom. The molecular formula is C12H16F2N2O2S. The summed E-state index contributed by atoms with van der Waals surface area (Å²) >= 11 is 0.433. The molecule has 1 atom stereocenters. The Hall–Kier alpha value is -1.18. The molecule has 7 heteroatoms. The maximum Gasteiger partial charge on any atom is 0.288 e. The van der Waals surface area contributed by atoms with E-state index in [9.17, 15) is 13.6 Å². The van der Waals surface area contributed by atoms with Crippen LogP contribution in [0, 0.1) is 0 Å². The lowest BCUT2D eigenvalue weighted by atomic mass is 10.2. The molecule has 0 radical (unpaired) electrons. The fourth-order valence-electron chi connectivity index (χ4n) is 1.43. The highest BCUT2D eigenvalue weighted by Gasteiger charge is 2.12. The first-order valence-electron chi connectivity index (χ1n) is 5.62. The van der Waals surface area contributed by atoms with Crippen LogP contribution in [0.15, 0.2) is 29.2 Å². The van der Waals surface area contributed by atoms with Gasteiger partial charge in [0.1, 0.15) is 0 Å². The average Bonchev–Trinajstić information content (AvgIpc) is 2.35. The summed E-state index contributed by atoms with van der Waals surface area (Å²) in [4.78, 5) is 12.1. The molecule has 1 unspecified atom stereocenters. The van der Waals surface area contributed by atoms with E-state index in [4.69, 9.17) is 10.5 Å². The molecule has 106 valence electrons. The van der Waals surface area contributed by atoms with Crippen molar-refractivity contribution in [3.8, 4) is 0 Å². The predicted molar refractivity (Wildman–Crippen MR) is 71.4 cm³/mol. The van der Waals surface area contributed by atoms with Crippen LogP contribution in [0.2, 0.25) is 0 Å². The van der Waals surface area contributed by atoms with Crippen LogP contribution >= 0.6 is 11.8 Å². The minimum Gasteiger partial charge on any atom is -0.380 e. The van der Waals surface area contributed by atoms with Crippen molar-refractivity contribution >= 4 is 23.4 Å². The number of ether oxygens (including phenoxy) is 1. The minimum absolute atomic E-state index is 0.124. The number of carbonyl (C=O) groups excluding carboxylic acids is 1. The zero-order valence-electron chi connectivity index (χ0n) is 10.4. The van der Waals surface area contributed by atoms with Crippen molar-refractivity contribution in [2.45, 2.75) is 23.2 Å². The Morgan fingerprint density at radius 2 is 2.26 bits per heavy atom. The number of thioether (sulfide) groups is 1. The number of nitrogens with one attached hydrogen (secondary N) is 1. The Kier molecular flexibility index (Phi) is 6.75. The van der Waals surface area contributed by atoms with E-state index in [-0.39, 0.29) is 25.0 Å². The van der Waals surface area contributed by atoms with Gasteiger partial charge in [-0.25, -0.2) is 0 Å². The largest absolute Gasteiger partial charge is 0.380 e. The Labute approximate surface area is 114 Å². The molecule has 0 fully saturated rings. The number of alkyl halides is 2. The van der Waals surface area contributed by atoms with Crippen LogP contribution in [-0.2, 0) is 9.53 Å². The molecule has 3 N–H and O–H groups in total. The second kappa shape index (κ2) is 8.08. The number of amides is 1. The molecular weight excluding hydrogens is 274 g/mol. The van der Waals surface area contributed by atoms with Gasteiger partial charge in [0.05, 0.1) is 12.5 Å². The van der Waals surface area contributed by atoms with Gasteiger partial charge in [0.2, 0.25) is 5.91 Å². The molecule has 0 aliphatic rings. The van der Waals surface area contributed by atoms with E-state index in [0.717, 1.165) is 0 Å². The molecule has 0 aliphatic heterocycles. The van der Waals surface area contributed by atoms with E-state index in [1.54, 1.807) is 18.2 Å². The molecule has 0 aromatic heterocycles. The average molecular weight is 290 g/mol. The number of halogens is 2. The molecule has 1 rings (SSSR count). The van der Waals surface area contributed by atoms with E-state index in [0.29, 0.717) is 22.3 Å². The van der Waals surface area contributed by atoms with Crippen molar-refractivity contribution in [3.63, 3.8) is 0 Å². The fraction of sp³-hybridized carbons (Fsp3) is 0.417. The third-order valence-electron chi connectivity index (χ3n) is 2.35. The van der Waals surface area contributed by atoms with Crippen molar-refractivity contribution in [1.29, 1.82) is 0 Å². The van der Waals surface area contributed by atoms with Crippen molar-refractivity contribution < 1.29 is 18.3 Å². The third kappa shape index (κ3) is 6.00. The topological polar surface area (TPSA) is 64.3 Å². The number of hydrogen-bond acceptors (Lipinski definition) is 4. The van der Waals surface area contributed by atoms with Crippen LogP contribution < -0.4 is 11.1 Å². The standard InChI is InChI=1S/C12H16F2N2O2S/c1-18-9(7-15)6-11(17)16-8-3-2-4-10(5-8)19-12(13)14/h2-5,9,12H,6-7,15H2,1H3,(H,16,17). The quantitative estimate of drug-likeness (QED) is 0.756. The van der Waals surface area contributed by atoms with Gasteiger partial charge in [0, 0.05) is 24.2 Å². The molecule has 19 heavy (non-hydrogen) atoms. The van der Waals surface area contributed by atoms with Gasteiger partial charge >= 0.3 is 0 Å². The van der Waals surface area contributed by atoms with Gasteiger partial charge in [0.25, 0.3) is 5.76 Å². The summed E-state index contributed by atoms with van der Waals surface area (Å²) in [6, 6.07) is 6.30. The summed E-state index contributed by atoms with van der Waals surface area (Å²) in [6.07, 6.45) is -0.224. The number of hydrogen-bond donors (Lipinski definition) is 2. The second-order valence-corrected chi connectivity index (χ2v) is 4.82. The van der Waals surface area contributed by atoms with Gasteiger partial charge in [-0.3, -0.25) is 4.79 Å². The Balaban J connectivity index is 2.59. The number of nitrogens with two attached hydrogens (primary N) is 1. The van der Waals surface area contributed by atoms with E-state index in [1.165, 1.54) is 13.2 Å². The van der Waals surface area contributed by atoms with Crippen LogP contribution in [0.3, 0.4) is 0 Å². The maximum absolute atomic E-state index is 12.2. The monoisotopic (exact) mass is 290 g/mol. The summed E-state index contributed by atoms with van der Waals surface area (Å²) < 4.78 is 29.4. The second-order valence-electron chi connectivity index (χ2n) is 3.75. The SMILES string of the molecule is COC(CN)CC(=O)Nc1cccc(SC(F)F)c1. The number of rotatable bonds is 7. The van der Waals surface area contributed by atoms with E-state index in [1.807, 2.05) is 0 Å². The summed E-state index contributed by atoms with van der Waals surface area (Å²) in [5.41, 5.74) is 5.89. The Morgan fingerprint density at radius 1 is 1.53 bits per heavy atom. The van der Waals surface area contributed by atoms with Crippen molar-refractivity contribution in [2.24, 2.45) is 5.73 Å². The van der Waals surface area contributed by atoms with Crippen LogP contribution in [0.25, 0.3) is 0 Å². The summed E-state index contributed by atoms with van der Waals surface area (Å²) in [7, 11) is 1.48. The molecule has 0 saturated carbocycles. The zero-order chi connectivity index (χ0) is 14.3. The first-order chi connectivity index (χ1) is 9.05. The summed E-state index contributed by atoms with van der Waals surface area (Å²) in [6.45, 7) is 0.241. The first-order valence-corrected chi connectivity index (χ1v) is 6.50. The number of benzene rings is 1. The van der Waals surface area contributed by atoms with Gasteiger partial charge in [-0.2, -0.15) is 8.78 Å². The van der Waals surface area contributed by atoms with Gasteiger partial charge in [-0.1, -0.05) is 17.8 Å². The molecule has 0 spiro atoms. The summed E-state index contributed by atoms with van der Waals surface area (Å²) in [5.74, 6) is -2.75. The smallest absolute Gasteiger partial charge is 0.288 e. The Bertz CT molecular complexity index is 414. The number of carbonyl (C=O) groups is 1. The normalized spacial score (nSPS) is 12.5. The van der Waals surface area contributed by atoms with E-state index >= 15 is 0 Å². The lowest BCUT2D eigenvalue weighted by Crippen LogP contribution is -2.28. The van der Waals surface area contributed by atoms with E-state index in [2.05, 4.69) is 5.32 Å². The highest BCUT2D eigenvalue weighted by molar-refractivity contribution is 7.99. The van der Waals surface area contributed by atoms with E-state index < -0.39 is 5.76 Å². The molecule has 0 heterocycles. The van der Waals surface area contributed by atoms with Crippen LogP contribution in [0.5, 0.6) is 0 Å². The predicted octanol–water partition coefficient (Wildman–Crippen LogP) is 2.30. The van der Waals surface area contributed by atoms with Gasteiger partial charge in [-0.15, -0.1) is 0 Å². The molecule has 0 bridgehead atoms. The number of anilines is 1. The summed E-state index contributed by atoms with van der Waals surface area (Å²) in [5, 5.41) is 2.62. The highest BCUT2D eigenvalue weighted by Crippen LogP contribution is 2.27. The molecule has 0 aliphatic carbocycles. The molecule has 1 aromatic carbocycles. The van der Waals surface area contributed by atoms with Crippen molar-refractivity contribution in [1.82, 2.24) is 0 Å². The van der Waals surface area contributed by atoms with Crippen LogP contribution in [-0.4, -0.2) is 31.4 Å². The number of methoxy groups -OCH3 is 1. The highest BCUT2D eigenvalue weighted by atomic mass is 32.2. The molecule has 4 nitrogen and oxygen atoms in total. The van der Waals surface area contributed by atoms with Gasteiger partial charge < -0.3 is 15.8 Å². The minimum atomic E-state index is -2.49. The molecule has 0 saturated heterocycles. The van der Waals surface area contributed by atoms with Gasteiger partial charge in [0.15, 0.2) is 0 Å². The lowest BCUT2D eigenvalue weighted by molar-refractivity contribution is -0.118. The first kappa shape index (κ1) is 15.9. The molecule has 1 amide bonds. The van der Waals surface area contributed by atoms with Crippen LogP contribution in [0.4, 0.5) is 14.5 Å².